The molecule has 0 spiro atoms. The first-order valence-corrected chi connectivity index (χ1v) is 9.42. The van der Waals surface area contributed by atoms with Crippen molar-refractivity contribution >= 4 is 28.6 Å². The number of nitrogens with zero attached hydrogens (tertiary/aromatic N) is 2. The van der Waals surface area contributed by atoms with Crippen LogP contribution in [-0.4, -0.2) is 27.8 Å². The van der Waals surface area contributed by atoms with E-state index in [1.54, 1.807) is 10.6 Å². The van der Waals surface area contributed by atoms with Crippen molar-refractivity contribution in [3.8, 4) is 5.69 Å². The number of amides is 1. The summed E-state index contributed by atoms with van der Waals surface area (Å²) in [6.07, 6.45) is 0. The number of fused-ring (bicyclic) bond motifs is 1. The summed E-state index contributed by atoms with van der Waals surface area (Å²) in [7, 11) is 0. The minimum Gasteiger partial charge on any atom is -0.356 e. The molecule has 0 aliphatic heterocycles. The average molecular weight is 367 g/mol. The zero-order valence-electron chi connectivity index (χ0n) is 15.1. The van der Waals surface area contributed by atoms with Crippen molar-refractivity contribution in [2.45, 2.75) is 25.9 Å². The van der Waals surface area contributed by atoms with Gasteiger partial charge in [0, 0.05) is 19.2 Å². The van der Waals surface area contributed by atoms with Gasteiger partial charge < -0.3 is 5.32 Å². The molecule has 3 rings (SSSR count). The third-order valence-electron chi connectivity index (χ3n) is 4.06. The number of hydrogen-bond acceptors (Lipinski definition) is 4. The maximum absolute atomic E-state index is 13.2. The number of benzene rings is 2. The number of hydrogen-bond donors (Lipinski definition) is 1. The predicted octanol–water partition coefficient (Wildman–Crippen LogP) is 3.23. The lowest BCUT2D eigenvalue weighted by Crippen LogP contribution is -2.25. The molecule has 0 radical (unpaired) electrons. The van der Waals surface area contributed by atoms with Crippen LogP contribution >= 0.6 is 11.8 Å². The van der Waals surface area contributed by atoms with Crippen LogP contribution in [0.25, 0.3) is 16.6 Å². The largest absolute Gasteiger partial charge is 0.356 e. The van der Waals surface area contributed by atoms with Crippen LogP contribution in [0.4, 0.5) is 0 Å². The number of carbonyl (C=O) groups is 1. The Labute approximate surface area is 156 Å². The molecule has 0 fully saturated rings. The molecule has 6 heteroatoms. The van der Waals surface area contributed by atoms with Crippen LogP contribution < -0.4 is 10.9 Å². The Kier molecular flexibility index (Phi) is 5.42. The Bertz CT molecular complexity index is 1030. The first-order chi connectivity index (χ1) is 12.5. The molecule has 0 bridgehead atoms. The van der Waals surface area contributed by atoms with E-state index in [2.05, 4.69) is 5.32 Å². The van der Waals surface area contributed by atoms with Crippen molar-refractivity contribution in [2.24, 2.45) is 0 Å². The minimum absolute atomic E-state index is 0.0658. The maximum Gasteiger partial charge on any atom is 0.266 e. The van der Waals surface area contributed by atoms with Gasteiger partial charge in [0.1, 0.15) is 0 Å². The Morgan fingerprint density at radius 1 is 1.19 bits per heavy atom. The first kappa shape index (κ1) is 18.2. The molecule has 0 unspecified atom stereocenters. The Morgan fingerprint density at radius 2 is 1.96 bits per heavy atom. The molecule has 0 aliphatic carbocycles. The number of nitrogens with one attached hydrogen (secondary N) is 1. The highest BCUT2D eigenvalue weighted by molar-refractivity contribution is 7.99. The molecule has 1 amide bonds. The van der Waals surface area contributed by atoms with E-state index in [9.17, 15) is 9.59 Å². The van der Waals surface area contributed by atoms with Crippen molar-refractivity contribution in [1.82, 2.24) is 14.9 Å². The summed E-state index contributed by atoms with van der Waals surface area (Å²) >= 11 is 1.46. The van der Waals surface area contributed by atoms with Crippen LogP contribution in [0.3, 0.4) is 0 Å². The number of aryl methyl sites for hydroxylation is 2. The van der Waals surface area contributed by atoms with Gasteiger partial charge in [-0.05, 0) is 43.2 Å². The van der Waals surface area contributed by atoms with Gasteiger partial charge in [0.25, 0.3) is 5.56 Å². The minimum atomic E-state index is -0.0775. The van der Waals surface area contributed by atoms with Crippen LogP contribution in [0.5, 0.6) is 0 Å². The lowest BCUT2D eigenvalue weighted by molar-refractivity contribution is -0.118. The van der Waals surface area contributed by atoms with E-state index < -0.39 is 0 Å². The normalized spacial score (nSPS) is 10.9. The zero-order chi connectivity index (χ0) is 18.7. The van der Waals surface area contributed by atoms with Crippen molar-refractivity contribution in [3.05, 3.63) is 63.9 Å². The molecule has 0 atom stereocenters. The lowest BCUT2D eigenvalue weighted by atomic mass is 10.1. The predicted molar refractivity (Wildman–Crippen MR) is 106 cm³/mol. The van der Waals surface area contributed by atoms with Gasteiger partial charge in [-0.2, -0.15) is 0 Å². The average Bonchev–Trinajstić information content (AvgIpc) is 2.61. The number of rotatable bonds is 5. The monoisotopic (exact) mass is 367 g/mol. The molecule has 134 valence electrons. The fourth-order valence-corrected chi connectivity index (χ4v) is 3.61. The second-order valence-electron chi connectivity index (χ2n) is 6.17. The van der Waals surface area contributed by atoms with Gasteiger partial charge in [-0.3, -0.25) is 14.2 Å². The van der Waals surface area contributed by atoms with Crippen molar-refractivity contribution < 1.29 is 4.79 Å². The van der Waals surface area contributed by atoms with E-state index in [-0.39, 0.29) is 11.5 Å². The molecule has 2 aromatic carbocycles. The topological polar surface area (TPSA) is 64.0 Å². The summed E-state index contributed by atoms with van der Waals surface area (Å²) in [5, 5.41) is 4.00. The Hall–Kier alpha value is -2.60. The SMILES string of the molecule is CC(=O)NCCSc1nc2ccccc2c(=O)n1-c1cc(C)ccc1C. The summed E-state index contributed by atoms with van der Waals surface area (Å²) in [6.45, 7) is 6.01. The van der Waals surface area contributed by atoms with Gasteiger partial charge in [0.15, 0.2) is 5.16 Å². The van der Waals surface area contributed by atoms with Gasteiger partial charge in [0.05, 0.1) is 16.6 Å². The lowest BCUT2D eigenvalue weighted by Gasteiger charge is -2.15. The molecule has 0 aliphatic rings. The molecular formula is C20H21N3O2S. The fourth-order valence-electron chi connectivity index (χ4n) is 2.75. The molecule has 5 nitrogen and oxygen atoms in total. The quantitative estimate of drug-likeness (QED) is 0.427. The van der Waals surface area contributed by atoms with Crippen LogP contribution in [0.2, 0.25) is 0 Å². The number of thioether (sulfide) groups is 1. The molecule has 1 N–H and O–H groups in total. The molecule has 0 saturated carbocycles. The third kappa shape index (κ3) is 3.80. The van der Waals surface area contributed by atoms with Gasteiger partial charge in [-0.25, -0.2) is 4.98 Å². The van der Waals surface area contributed by atoms with Gasteiger partial charge in [-0.1, -0.05) is 36.0 Å². The van der Waals surface area contributed by atoms with Gasteiger partial charge in [0.2, 0.25) is 5.91 Å². The summed E-state index contributed by atoms with van der Waals surface area (Å²) < 4.78 is 1.68. The van der Waals surface area contributed by atoms with Crippen molar-refractivity contribution in [1.29, 1.82) is 0 Å². The van der Waals surface area contributed by atoms with E-state index in [4.69, 9.17) is 4.98 Å². The fraction of sp³-hybridized carbons (Fsp3) is 0.250. The molecule has 26 heavy (non-hydrogen) atoms. The third-order valence-corrected chi connectivity index (χ3v) is 5.00. The Morgan fingerprint density at radius 3 is 2.73 bits per heavy atom. The van der Waals surface area contributed by atoms with Crippen molar-refractivity contribution in [3.63, 3.8) is 0 Å². The molecule has 1 heterocycles. The molecule has 1 aromatic heterocycles. The van der Waals surface area contributed by atoms with E-state index in [1.807, 2.05) is 50.2 Å². The van der Waals surface area contributed by atoms with Crippen LogP contribution in [0, 0.1) is 13.8 Å². The van der Waals surface area contributed by atoms with Gasteiger partial charge in [-0.15, -0.1) is 0 Å². The first-order valence-electron chi connectivity index (χ1n) is 8.44. The van der Waals surface area contributed by atoms with Crippen LogP contribution in [0.1, 0.15) is 18.1 Å². The zero-order valence-corrected chi connectivity index (χ0v) is 15.9. The second kappa shape index (κ2) is 7.74. The summed E-state index contributed by atoms with van der Waals surface area (Å²) in [5.41, 5.74) is 3.54. The molecular weight excluding hydrogens is 346 g/mol. The highest BCUT2D eigenvalue weighted by Crippen LogP contribution is 2.23. The second-order valence-corrected chi connectivity index (χ2v) is 7.24. The van der Waals surface area contributed by atoms with Gasteiger partial charge >= 0.3 is 0 Å². The van der Waals surface area contributed by atoms with E-state index in [0.29, 0.717) is 28.4 Å². The molecule has 0 saturated heterocycles. The number of aromatic nitrogens is 2. The molecule has 3 aromatic rings. The highest BCUT2D eigenvalue weighted by atomic mass is 32.2. The van der Waals surface area contributed by atoms with Crippen molar-refractivity contribution in [2.75, 3.05) is 12.3 Å². The highest BCUT2D eigenvalue weighted by Gasteiger charge is 2.15. The van der Waals surface area contributed by atoms with E-state index >= 15 is 0 Å². The van der Waals surface area contributed by atoms with Crippen LogP contribution in [-0.2, 0) is 4.79 Å². The van der Waals surface area contributed by atoms with E-state index in [1.165, 1.54) is 18.7 Å². The van der Waals surface area contributed by atoms with Crippen LogP contribution in [0.15, 0.2) is 52.4 Å². The maximum atomic E-state index is 13.2. The summed E-state index contributed by atoms with van der Waals surface area (Å²) in [4.78, 5) is 29.0. The number of carbonyl (C=O) groups excluding carboxylic acids is 1. The summed E-state index contributed by atoms with van der Waals surface area (Å²) in [5.74, 6) is 0.568. The standard InChI is InChI=1S/C20H21N3O2S/c1-13-8-9-14(2)18(12-13)23-19(25)16-6-4-5-7-17(16)22-20(23)26-11-10-21-15(3)24/h4-9,12H,10-11H2,1-3H3,(H,21,24). The number of para-hydroxylation sites is 1. The summed E-state index contributed by atoms with van der Waals surface area (Å²) in [6, 6.07) is 13.4. The Balaban J connectivity index is 2.13. The smallest absolute Gasteiger partial charge is 0.266 e. The van der Waals surface area contributed by atoms with E-state index in [0.717, 1.165) is 16.8 Å².